The van der Waals surface area contributed by atoms with E-state index in [0.717, 1.165) is 0 Å². The third-order valence-corrected chi connectivity index (χ3v) is 2.26. The predicted molar refractivity (Wildman–Crippen MR) is 60.2 cm³/mol. The van der Waals surface area contributed by atoms with Crippen molar-refractivity contribution in [3.05, 3.63) is 41.8 Å². The van der Waals surface area contributed by atoms with Crippen molar-refractivity contribution in [3.8, 4) is 11.5 Å². The fraction of sp³-hybridized carbons (Fsp3) is 0.0833. The number of hydrogen-bond acceptors (Lipinski definition) is 5. The van der Waals surface area contributed by atoms with Gasteiger partial charge in [0.2, 0.25) is 5.76 Å². The summed E-state index contributed by atoms with van der Waals surface area (Å²) in [5.74, 6) is -1.76. The maximum Gasteiger partial charge on any atom is 0.371 e. The molecule has 0 radical (unpaired) electrons. The normalized spacial score (nSPS) is 10.1. The number of nitrogens with zero attached hydrogens (tertiary/aromatic N) is 1. The fourth-order valence-corrected chi connectivity index (χ4v) is 1.46. The minimum absolute atomic E-state index is 0.202. The maximum atomic E-state index is 11.5. The maximum absolute atomic E-state index is 11.5. The van der Waals surface area contributed by atoms with Crippen LogP contribution in [0.3, 0.4) is 0 Å². The van der Waals surface area contributed by atoms with Gasteiger partial charge in [-0.05, 0) is 24.3 Å². The highest BCUT2D eigenvalue weighted by Crippen LogP contribution is 2.24. The second kappa shape index (κ2) is 4.70. The van der Waals surface area contributed by atoms with Crippen LogP contribution in [0.5, 0.6) is 0 Å². The lowest BCUT2D eigenvalue weighted by atomic mass is 10.1. The van der Waals surface area contributed by atoms with E-state index in [9.17, 15) is 9.59 Å². The van der Waals surface area contributed by atoms with Crippen LogP contribution in [0.4, 0.5) is 0 Å². The molecule has 0 fully saturated rings. The van der Waals surface area contributed by atoms with Crippen LogP contribution in [-0.2, 0) is 4.74 Å². The summed E-state index contributed by atoms with van der Waals surface area (Å²) in [5, 5.41) is 8.76. The Balaban J connectivity index is 2.49. The summed E-state index contributed by atoms with van der Waals surface area (Å²) in [5.41, 5.74) is 0.461. The Morgan fingerprint density at radius 3 is 2.72 bits per heavy atom. The quantitative estimate of drug-likeness (QED) is 0.832. The van der Waals surface area contributed by atoms with Gasteiger partial charge in [0.05, 0.1) is 12.7 Å². The smallest absolute Gasteiger partial charge is 0.371 e. The number of methoxy groups -OCH3 is 1. The average molecular weight is 247 g/mol. The summed E-state index contributed by atoms with van der Waals surface area (Å²) in [6.45, 7) is 0. The van der Waals surface area contributed by atoms with Crippen LogP contribution in [0.25, 0.3) is 11.5 Å². The molecule has 18 heavy (non-hydrogen) atoms. The second-order valence-electron chi connectivity index (χ2n) is 3.36. The molecule has 0 spiro atoms. The van der Waals surface area contributed by atoms with Crippen LogP contribution in [-0.4, -0.2) is 29.1 Å². The minimum atomic E-state index is -1.18. The topological polar surface area (TPSA) is 89.6 Å². The van der Waals surface area contributed by atoms with Crippen molar-refractivity contribution in [1.82, 2.24) is 4.98 Å². The van der Waals surface area contributed by atoms with Crippen molar-refractivity contribution >= 4 is 11.9 Å². The van der Waals surface area contributed by atoms with Gasteiger partial charge in [0.1, 0.15) is 5.69 Å². The Morgan fingerprint density at radius 1 is 1.33 bits per heavy atom. The van der Waals surface area contributed by atoms with Crippen molar-refractivity contribution in [2.45, 2.75) is 0 Å². The molecule has 0 unspecified atom stereocenters. The van der Waals surface area contributed by atoms with Crippen LogP contribution in [0.2, 0.25) is 0 Å². The third kappa shape index (κ3) is 2.08. The van der Waals surface area contributed by atoms with Crippen LogP contribution in [0.15, 0.2) is 34.9 Å². The first-order valence-electron chi connectivity index (χ1n) is 5.00. The number of hydrogen-bond donors (Lipinski definition) is 1. The van der Waals surface area contributed by atoms with Crippen molar-refractivity contribution in [1.29, 1.82) is 0 Å². The molecule has 0 aliphatic carbocycles. The van der Waals surface area contributed by atoms with Gasteiger partial charge in [-0.15, -0.1) is 0 Å². The molecule has 0 saturated carbocycles. The second-order valence-corrected chi connectivity index (χ2v) is 3.36. The summed E-state index contributed by atoms with van der Waals surface area (Å²) in [4.78, 5) is 26.2. The standard InChI is InChI=1S/C12H9NO5/c1-17-12(16)7-3-2-6-13-10(7)8-4-5-9(18-8)11(14)15/h2-6H,1H3,(H,14,15). The highest BCUT2D eigenvalue weighted by atomic mass is 16.5. The Kier molecular flexibility index (Phi) is 3.09. The van der Waals surface area contributed by atoms with E-state index in [1.807, 2.05) is 0 Å². The van der Waals surface area contributed by atoms with E-state index >= 15 is 0 Å². The first kappa shape index (κ1) is 11.8. The van der Waals surface area contributed by atoms with E-state index in [1.54, 1.807) is 6.07 Å². The molecule has 2 aromatic rings. The Morgan fingerprint density at radius 2 is 2.11 bits per heavy atom. The first-order valence-corrected chi connectivity index (χ1v) is 5.00. The Hall–Kier alpha value is -2.63. The molecule has 2 rings (SSSR count). The van der Waals surface area contributed by atoms with E-state index in [2.05, 4.69) is 9.72 Å². The van der Waals surface area contributed by atoms with E-state index < -0.39 is 11.9 Å². The van der Waals surface area contributed by atoms with Gasteiger partial charge in [0, 0.05) is 6.20 Å². The van der Waals surface area contributed by atoms with Gasteiger partial charge < -0.3 is 14.3 Å². The third-order valence-electron chi connectivity index (χ3n) is 2.26. The summed E-state index contributed by atoms with van der Waals surface area (Å²) >= 11 is 0. The summed E-state index contributed by atoms with van der Waals surface area (Å²) < 4.78 is 9.71. The lowest BCUT2D eigenvalue weighted by Crippen LogP contribution is -2.04. The molecule has 0 amide bonds. The van der Waals surface area contributed by atoms with Crippen molar-refractivity contribution < 1.29 is 23.8 Å². The van der Waals surface area contributed by atoms with Crippen molar-refractivity contribution in [2.75, 3.05) is 7.11 Å². The molecule has 2 aromatic heterocycles. The summed E-state index contributed by atoms with van der Waals surface area (Å²) in [7, 11) is 1.25. The highest BCUT2D eigenvalue weighted by molar-refractivity contribution is 5.95. The zero-order chi connectivity index (χ0) is 13.1. The number of carboxylic acids is 1. The minimum Gasteiger partial charge on any atom is -0.475 e. The lowest BCUT2D eigenvalue weighted by molar-refractivity contribution is 0.0600. The summed E-state index contributed by atoms with van der Waals surface area (Å²) in [6.07, 6.45) is 1.48. The van der Waals surface area contributed by atoms with Crippen molar-refractivity contribution in [2.24, 2.45) is 0 Å². The molecular formula is C12H9NO5. The number of carboxylic acid groups (broad SMARTS) is 1. The van der Waals surface area contributed by atoms with Gasteiger partial charge in [0.25, 0.3) is 0 Å². The molecule has 6 heteroatoms. The Bertz CT molecular complexity index is 602. The molecule has 0 aromatic carbocycles. The van der Waals surface area contributed by atoms with Gasteiger partial charge >= 0.3 is 11.9 Å². The zero-order valence-corrected chi connectivity index (χ0v) is 9.41. The number of pyridine rings is 1. The van der Waals surface area contributed by atoms with Gasteiger partial charge in [-0.2, -0.15) is 0 Å². The number of aromatic carboxylic acids is 1. The lowest BCUT2D eigenvalue weighted by Gasteiger charge is -2.03. The number of carbonyl (C=O) groups excluding carboxylic acids is 1. The monoisotopic (exact) mass is 247 g/mol. The number of carbonyl (C=O) groups is 2. The van der Waals surface area contributed by atoms with Crippen LogP contribution >= 0.6 is 0 Å². The largest absolute Gasteiger partial charge is 0.475 e. The molecule has 0 atom stereocenters. The van der Waals surface area contributed by atoms with Crippen molar-refractivity contribution in [3.63, 3.8) is 0 Å². The van der Waals surface area contributed by atoms with Crippen LogP contribution in [0, 0.1) is 0 Å². The van der Waals surface area contributed by atoms with Gasteiger partial charge in [-0.25, -0.2) is 9.59 Å². The molecular weight excluding hydrogens is 238 g/mol. The fourth-order valence-electron chi connectivity index (χ4n) is 1.46. The van der Waals surface area contributed by atoms with Crippen LogP contribution in [0.1, 0.15) is 20.9 Å². The van der Waals surface area contributed by atoms with E-state index in [0.29, 0.717) is 0 Å². The Labute approximate surface area is 102 Å². The van der Waals surface area contributed by atoms with Gasteiger partial charge in [-0.1, -0.05) is 0 Å². The molecule has 0 saturated heterocycles. The average Bonchev–Trinajstić information content (AvgIpc) is 2.87. The summed E-state index contributed by atoms with van der Waals surface area (Å²) in [6, 6.07) is 5.85. The first-order chi connectivity index (χ1) is 8.63. The SMILES string of the molecule is COC(=O)c1cccnc1-c1ccc(C(=O)O)o1. The number of furan rings is 1. The molecule has 0 aliphatic heterocycles. The predicted octanol–water partition coefficient (Wildman–Crippen LogP) is 1.83. The van der Waals surface area contributed by atoms with Crippen LogP contribution < -0.4 is 0 Å². The van der Waals surface area contributed by atoms with E-state index in [4.69, 9.17) is 9.52 Å². The van der Waals surface area contributed by atoms with E-state index in [1.165, 1.54) is 31.5 Å². The number of rotatable bonds is 3. The van der Waals surface area contributed by atoms with Gasteiger partial charge in [-0.3, -0.25) is 4.98 Å². The molecule has 0 bridgehead atoms. The molecule has 0 aliphatic rings. The highest BCUT2D eigenvalue weighted by Gasteiger charge is 2.18. The number of aromatic nitrogens is 1. The van der Waals surface area contributed by atoms with Gasteiger partial charge in [0.15, 0.2) is 5.76 Å². The molecule has 92 valence electrons. The zero-order valence-electron chi connectivity index (χ0n) is 9.41. The number of ether oxygens (including phenoxy) is 1. The number of esters is 1. The van der Waals surface area contributed by atoms with E-state index in [-0.39, 0.29) is 22.8 Å². The molecule has 6 nitrogen and oxygen atoms in total. The molecule has 2 heterocycles. The molecule has 1 N–H and O–H groups in total.